The highest BCUT2D eigenvalue weighted by Gasteiger charge is 2.29. The molecular formula is C13H22N2. The summed E-state index contributed by atoms with van der Waals surface area (Å²) in [5, 5.41) is 9.34. The Labute approximate surface area is 93.3 Å². The van der Waals surface area contributed by atoms with E-state index < -0.39 is 0 Å². The van der Waals surface area contributed by atoms with Crippen LogP contribution in [0.4, 0.5) is 0 Å². The van der Waals surface area contributed by atoms with Gasteiger partial charge in [-0.2, -0.15) is 5.26 Å². The van der Waals surface area contributed by atoms with Gasteiger partial charge in [0.15, 0.2) is 0 Å². The van der Waals surface area contributed by atoms with Gasteiger partial charge in [-0.15, -0.1) is 0 Å². The first-order valence-corrected chi connectivity index (χ1v) is 6.55. The van der Waals surface area contributed by atoms with Crippen molar-refractivity contribution >= 4 is 0 Å². The summed E-state index contributed by atoms with van der Waals surface area (Å²) in [6.07, 6.45) is 10.6. The van der Waals surface area contributed by atoms with E-state index in [0.717, 1.165) is 13.1 Å². The van der Waals surface area contributed by atoms with E-state index in [1.54, 1.807) is 0 Å². The topological polar surface area (TPSA) is 27.0 Å². The smallest absolute Gasteiger partial charge is 0.101 e. The zero-order valence-electron chi connectivity index (χ0n) is 9.62. The SMILES string of the molecule is N#C[C@H](C1CCCC1)N1CCCCCC1. The van der Waals surface area contributed by atoms with Gasteiger partial charge in [-0.25, -0.2) is 0 Å². The molecular weight excluding hydrogens is 184 g/mol. The third-order valence-corrected chi connectivity index (χ3v) is 4.01. The number of likely N-dealkylation sites (tertiary alicyclic amines) is 1. The molecule has 0 aromatic heterocycles. The first kappa shape index (κ1) is 11.0. The number of nitriles is 1. The van der Waals surface area contributed by atoms with Crippen molar-refractivity contribution in [2.75, 3.05) is 13.1 Å². The minimum atomic E-state index is 0.227. The van der Waals surface area contributed by atoms with Crippen LogP contribution in [0, 0.1) is 17.2 Å². The van der Waals surface area contributed by atoms with Gasteiger partial charge in [-0.1, -0.05) is 25.7 Å². The van der Waals surface area contributed by atoms with Crippen molar-refractivity contribution in [2.45, 2.75) is 57.4 Å². The quantitative estimate of drug-likeness (QED) is 0.694. The van der Waals surface area contributed by atoms with Crippen LogP contribution in [0.2, 0.25) is 0 Å². The standard InChI is InChI=1S/C13H22N2/c14-11-13(12-7-3-4-8-12)15-9-5-1-2-6-10-15/h12-13H,1-10H2/t13-/m1/s1. The highest BCUT2D eigenvalue weighted by atomic mass is 15.2. The molecule has 84 valence electrons. The summed E-state index contributed by atoms with van der Waals surface area (Å²) in [7, 11) is 0. The molecule has 0 spiro atoms. The number of nitrogens with zero attached hydrogens (tertiary/aromatic N) is 2. The monoisotopic (exact) mass is 206 g/mol. The van der Waals surface area contributed by atoms with Gasteiger partial charge in [0, 0.05) is 0 Å². The van der Waals surface area contributed by atoms with Crippen molar-refractivity contribution in [3.05, 3.63) is 0 Å². The molecule has 0 N–H and O–H groups in total. The highest BCUT2D eigenvalue weighted by Crippen LogP contribution is 2.31. The predicted octanol–water partition coefficient (Wildman–Crippen LogP) is 2.94. The van der Waals surface area contributed by atoms with Gasteiger partial charge < -0.3 is 0 Å². The fourth-order valence-electron chi connectivity index (χ4n) is 3.13. The maximum absolute atomic E-state index is 9.34. The van der Waals surface area contributed by atoms with Gasteiger partial charge in [-0.3, -0.25) is 4.90 Å². The Morgan fingerprint density at radius 1 is 0.933 bits per heavy atom. The fourth-order valence-corrected chi connectivity index (χ4v) is 3.13. The van der Waals surface area contributed by atoms with E-state index in [1.807, 2.05) is 0 Å². The van der Waals surface area contributed by atoms with E-state index in [9.17, 15) is 5.26 Å². The van der Waals surface area contributed by atoms with Crippen molar-refractivity contribution < 1.29 is 0 Å². The molecule has 2 nitrogen and oxygen atoms in total. The van der Waals surface area contributed by atoms with Crippen LogP contribution in [0.1, 0.15) is 51.4 Å². The minimum Gasteiger partial charge on any atom is -0.288 e. The fraction of sp³-hybridized carbons (Fsp3) is 0.923. The molecule has 0 amide bonds. The summed E-state index contributed by atoms with van der Waals surface area (Å²) in [6, 6.07) is 2.79. The van der Waals surface area contributed by atoms with Crippen molar-refractivity contribution in [3.63, 3.8) is 0 Å². The summed E-state index contributed by atoms with van der Waals surface area (Å²) in [5.74, 6) is 0.674. The van der Waals surface area contributed by atoms with E-state index in [-0.39, 0.29) is 6.04 Å². The molecule has 1 heterocycles. The minimum absolute atomic E-state index is 0.227. The van der Waals surface area contributed by atoms with Crippen LogP contribution in [0.3, 0.4) is 0 Å². The lowest BCUT2D eigenvalue weighted by Gasteiger charge is -2.29. The molecule has 2 fully saturated rings. The van der Waals surface area contributed by atoms with Crippen LogP contribution in [-0.2, 0) is 0 Å². The Morgan fingerprint density at radius 2 is 1.53 bits per heavy atom. The molecule has 1 saturated heterocycles. The Morgan fingerprint density at radius 3 is 2.07 bits per heavy atom. The maximum atomic E-state index is 9.34. The van der Waals surface area contributed by atoms with E-state index >= 15 is 0 Å². The van der Waals surface area contributed by atoms with Crippen LogP contribution in [-0.4, -0.2) is 24.0 Å². The van der Waals surface area contributed by atoms with Crippen molar-refractivity contribution in [2.24, 2.45) is 5.92 Å². The number of hydrogen-bond acceptors (Lipinski definition) is 2. The van der Waals surface area contributed by atoms with Crippen molar-refractivity contribution in [1.82, 2.24) is 4.90 Å². The summed E-state index contributed by atoms with van der Waals surface area (Å²) in [6.45, 7) is 2.32. The van der Waals surface area contributed by atoms with Crippen molar-refractivity contribution in [1.29, 1.82) is 5.26 Å². The molecule has 15 heavy (non-hydrogen) atoms. The van der Waals surface area contributed by atoms with Crippen LogP contribution >= 0.6 is 0 Å². The average Bonchev–Trinajstić information content (AvgIpc) is 2.63. The maximum Gasteiger partial charge on any atom is 0.101 e. The van der Waals surface area contributed by atoms with Crippen LogP contribution in [0.15, 0.2) is 0 Å². The molecule has 0 radical (unpaired) electrons. The lowest BCUT2D eigenvalue weighted by molar-refractivity contribution is 0.188. The zero-order valence-corrected chi connectivity index (χ0v) is 9.62. The summed E-state index contributed by atoms with van der Waals surface area (Å²) >= 11 is 0. The van der Waals surface area contributed by atoms with Crippen LogP contribution < -0.4 is 0 Å². The molecule has 0 bridgehead atoms. The molecule has 0 aromatic rings. The molecule has 0 unspecified atom stereocenters. The van der Waals surface area contributed by atoms with Crippen LogP contribution in [0.25, 0.3) is 0 Å². The lowest BCUT2D eigenvalue weighted by Crippen LogP contribution is -2.39. The second-order valence-electron chi connectivity index (χ2n) is 5.07. The molecule has 1 saturated carbocycles. The van der Waals surface area contributed by atoms with Gasteiger partial charge in [0.1, 0.15) is 6.04 Å². The van der Waals surface area contributed by atoms with Crippen molar-refractivity contribution in [3.8, 4) is 6.07 Å². The Kier molecular flexibility index (Phi) is 4.02. The largest absolute Gasteiger partial charge is 0.288 e. The second-order valence-corrected chi connectivity index (χ2v) is 5.07. The first-order chi connectivity index (χ1) is 7.42. The molecule has 2 rings (SSSR count). The third-order valence-electron chi connectivity index (χ3n) is 4.01. The summed E-state index contributed by atoms with van der Waals surface area (Å²) in [5.41, 5.74) is 0. The van der Waals surface area contributed by atoms with Crippen LogP contribution in [0.5, 0.6) is 0 Å². The number of rotatable bonds is 2. The highest BCUT2D eigenvalue weighted by molar-refractivity contribution is 4.98. The van der Waals surface area contributed by atoms with E-state index in [2.05, 4.69) is 11.0 Å². The summed E-state index contributed by atoms with van der Waals surface area (Å²) in [4.78, 5) is 2.46. The zero-order chi connectivity index (χ0) is 10.5. The molecule has 1 aliphatic heterocycles. The van der Waals surface area contributed by atoms with E-state index in [1.165, 1.54) is 51.4 Å². The van der Waals surface area contributed by atoms with Gasteiger partial charge in [0.05, 0.1) is 6.07 Å². The lowest BCUT2D eigenvalue weighted by atomic mass is 9.97. The van der Waals surface area contributed by atoms with Gasteiger partial charge in [-0.05, 0) is 44.7 Å². The normalized spacial score (nSPS) is 27.1. The Bertz CT molecular complexity index is 217. The van der Waals surface area contributed by atoms with Gasteiger partial charge >= 0.3 is 0 Å². The number of hydrogen-bond donors (Lipinski definition) is 0. The van der Waals surface area contributed by atoms with E-state index in [4.69, 9.17) is 0 Å². The molecule has 1 aliphatic carbocycles. The molecule has 2 aliphatic rings. The molecule has 1 atom stereocenters. The first-order valence-electron chi connectivity index (χ1n) is 6.55. The van der Waals surface area contributed by atoms with E-state index in [0.29, 0.717) is 5.92 Å². The Balaban J connectivity index is 1.94. The molecule has 0 aromatic carbocycles. The Hall–Kier alpha value is -0.550. The van der Waals surface area contributed by atoms with Gasteiger partial charge in [0.25, 0.3) is 0 Å². The predicted molar refractivity (Wildman–Crippen MR) is 61.4 cm³/mol. The molecule has 2 heteroatoms. The van der Waals surface area contributed by atoms with Gasteiger partial charge in [0.2, 0.25) is 0 Å². The summed E-state index contributed by atoms with van der Waals surface area (Å²) < 4.78 is 0. The second kappa shape index (κ2) is 5.51. The average molecular weight is 206 g/mol. The third kappa shape index (κ3) is 2.72.